The lowest BCUT2D eigenvalue weighted by atomic mass is 10.0. The van der Waals surface area contributed by atoms with Crippen molar-refractivity contribution in [2.45, 2.75) is 31.5 Å². The number of ether oxygens (including phenoxy) is 2. The molecule has 1 atom stereocenters. The number of guanidine groups is 1. The second-order valence-corrected chi connectivity index (χ2v) is 8.04. The number of aliphatic imine (C=N–C) groups is 1. The molecule has 1 aliphatic heterocycles. The Balaban J connectivity index is 1.52. The molecule has 0 aromatic heterocycles. The maximum absolute atomic E-state index is 12.9. The highest BCUT2D eigenvalue weighted by Gasteiger charge is 2.31. The van der Waals surface area contributed by atoms with Crippen molar-refractivity contribution in [2.75, 3.05) is 59.7 Å². The minimum atomic E-state index is -4.33. The van der Waals surface area contributed by atoms with Crippen LogP contribution in [-0.4, -0.2) is 70.5 Å². The molecule has 0 radical (unpaired) electrons. The Hall–Kier alpha value is -1.84. The maximum atomic E-state index is 12.9. The van der Waals surface area contributed by atoms with Gasteiger partial charge >= 0.3 is 6.18 Å². The molecule has 1 saturated heterocycles. The highest BCUT2D eigenvalue weighted by Crippen LogP contribution is 2.31. The lowest BCUT2D eigenvalue weighted by Gasteiger charge is -2.35. The average molecular weight is 443 g/mol. The van der Waals surface area contributed by atoms with Crippen molar-refractivity contribution in [1.29, 1.82) is 0 Å². The van der Waals surface area contributed by atoms with Crippen molar-refractivity contribution < 1.29 is 22.6 Å². The highest BCUT2D eigenvalue weighted by molar-refractivity contribution is 5.79. The fourth-order valence-corrected chi connectivity index (χ4v) is 3.57. The molecule has 2 fully saturated rings. The maximum Gasteiger partial charge on any atom is 0.416 e. The molecule has 1 unspecified atom stereocenters. The van der Waals surface area contributed by atoms with Gasteiger partial charge in [-0.25, -0.2) is 0 Å². The van der Waals surface area contributed by atoms with E-state index in [1.165, 1.54) is 12.8 Å². The van der Waals surface area contributed by atoms with Gasteiger partial charge in [-0.3, -0.25) is 9.89 Å². The van der Waals surface area contributed by atoms with E-state index in [9.17, 15) is 13.2 Å². The SMILES string of the molecule is CN=C(NCCCOCC1CC1)NCC(c1ccc(C(F)(F)F)cc1)N1CCOCC1. The largest absolute Gasteiger partial charge is 0.416 e. The summed E-state index contributed by atoms with van der Waals surface area (Å²) in [4.78, 5) is 6.50. The van der Waals surface area contributed by atoms with Crippen molar-refractivity contribution in [3.63, 3.8) is 0 Å². The zero-order valence-corrected chi connectivity index (χ0v) is 18.1. The second kappa shape index (κ2) is 11.7. The average Bonchev–Trinajstić information content (AvgIpc) is 3.59. The fourth-order valence-electron chi connectivity index (χ4n) is 3.57. The highest BCUT2D eigenvalue weighted by atomic mass is 19.4. The minimum absolute atomic E-state index is 0.0772. The Morgan fingerprint density at radius 3 is 2.52 bits per heavy atom. The Morgan fingerprint density at radius 2 is 1.90 bits per heavy atom. The molecule has 1 aromatic rings. The van der Waals surface area contributed by atoms with E-state index in [1.54, 1.807) is 19.2 Å². The van der Waals surface area contributed by atoms with Gasteiger partial charge in [0, 0.05) is 46.4 Å². The van der Waals surface area contributed by atoms with Crippen molar-refractivity contribution in [1.82, 2.24) is 15.5 Å². The number of alkyl halides is 3. The molecule has 1 heterocycles. The molecule has 2 N–H and O–H groups in total. The molecule has 2 aliphatic rings. The predicted molar refractivity (Wildman–Crippen MR) is 114 cm³/mol. The summed E-state index contributed by atoms with van der Waals surface area (Å²) in [6.07, 6.45) is -0.866. The van der Waals surface area contributed by atoms with E-state index in [0.717, 1.165) is 62.9 Å². The number of halogens is 3. The van der Waals surface area contributed by atoms with Gasteiger partial charge in [0.1, 0.15) is 0 Å². The van der Waals surface area contributed by atoms with Crippen LogP contribution in [0.4, 0.5) is 13.2 Å². The summed E-state index contributed by atoms with van der Waals surface area (Å²) < 4.78 is 49.9. The zero-order valence-electron chi connectivity index (χ0n) is 18.1. The normalized spacial score (nSPS) is 19.3. The van der Waals surface area contributed by atoms with E-state index in [-0.39, 0.29) is 6.04 Å². The van der Waals surface area contributed by atoms with Crippen molar-refractivity contribution in [3.8, 4) is 0 Å². The lowest BCUT2D eigenvalue weighted by Crippen LogP contribution is -2.46. The van der Waals surface area contributed by atoms with E-state index in [2.05, 4.69) is 20.5 Å². The first kappa shape index (κ1) is 23.8. The van der Waals surface area contributed by atoms with Crippen LogP contribution in [0.2, 0.25) is 0 Å². The Morgan fingerprint density at radius 1 is 1.19 bits per heavy atom. The predicted octanol–water partition coefficient (Wildman–Crippen LogP) is 3.06. The summed E-state index contributed by atoms with van der Waals surface area (Å²) in [5, 5.41) is 6.60. The van der Waals surface area contributed by atoms with Gasteiger partial charge in [-0.1, -0.05) is 12.1 Å². The number of nitrogens with one attached hydrogen (secondary N) is 2. The number of rotatable bonds is 10. The van der Waals surface area contributed by atoms with Crippen molar-refractivity contribution in [3.05, 3.63) is 35.4 Å². The van der Waals surface area contributed by atoms with Gasteiger partial charge < -0.3 is 20.1 Å². The van der Waals surface area contributed by atoms with E-state index in [0.29, 0.717) is 25.7 Å². The smallest absolute Gasteiger partial charge is 0.381 e. The second-order valence-electron chi connectivity index (χ2n) is 8.04. The molecule has 1 aromatic carbocycles. The van der Waals surface area contributed by atoms with E-state index in [4.69, 9.17) is 9.47 Å². The van der Waals surface area contributed by atoms with Crippen LogP contribution in [0.1, 0.15) is 36.4 Å². The summed E-state index contributed by atoms with van der Waals surface area (Å²) >= 11 is 0. The number of hydrogen-bond donors (Lipinski definition) is 2. The fraction of sp³-hybridized carbons (Fsp3) is 0.682. The molecule has 0 amide bonds. The molecule has 3 rings (SSSR count). The third-order valence-electron chi connectivity index (χ3n) is 5.60. The van der Waals surface area contributed by atoms with Crippen LogP contribution >= 0.6 is 0 Å². The number of nitrogens with zero attached hydrogens (tertiary/aromatic N) is 2. The van der Waals surface area contributed by atoms with Crippen LogP contribution in [0.15, 0.2) is 29.3 Å². The molecule has 1 saturated carbocycles. The van der Waals surface area contributed by atoms with Crippen LogP contribution in [-0.2, 0) is 15.7 Å². The zero-order chi connectivity index (χ0) is 22.1. The Kier molecular flexibility index (Phi) is 8.98. The molecule has 31 heavy (non-hydrogen) atoms. The molecule has 1 aliphatic carbocycles. The van der Waals surface area contributed by atoms with Crippen LogP contribution in [0.5, 0.6) is 0 Å². The van der Waals surface area contributed by atoms with Gasteiger partial charge in [-0.2, -0.15) is 13.2 Å². The molecular weight excluding hydrogens is 409 g/mol. The molecule has 0 bridgehead atoms. The Bertz CT molecular complexity index is 687. The van der Waals surface area contributed by atoms with Crippen LogP contribution in [0, 0.1) is 5.92 Å². The molecule has 174 valence electrons. The first-order valence-corrected chi connectivity index (χ1v) is 11.0. The van der Waals surface area contributed by atoms with Gasteiger partial charge in [-0.15, -0.1) is 0 Å². The summed E-state index contributed by atoms with van der Waals surface area (Å²) in [7, 11) is 1.71. The number of benzene rings is 1. The van der Waals surface area contributed by atoms with Gasteiger partial charge in [0.2, 0.25) is 0 Å². The molecule has 9 heteroatoms. The summed E-state index contributed by atoms with van der Waals surface area (Å²) in [5.74, 6) is 1.44. The van der Waals surface area contributed by atoms with Crippen molar-refractivity contribution >= 4 is 5.96 Å². The van der Waals surface area contributed by atoms with Gasteiger partial charge in [-0.05, 0) is 42.9 Å². The quantitative estimate of drug-likeness (QED) is 0.331. The third kappa shape index (κ3) is 7.97. The first-order valence-electron chi connectivity index (χ1n) is 11.0. The van der Waals surface area contributed by atoms with Gasteiger partial charge in [0.15, 0.2) is 5.96 Å². The van der Waals surface area contributed by atoms with Gasteiger partial charge in [0.25, 0.3) is 0 Å². The van der Waals surface area contributed by atoms with Crippen molar-refractivity contribution in [2.24, 2.45) is 10.9 Å². The van der Waals surface area contributed by atoms with Crippen LogP contribution in [0.25, 0.3) is 0 Å². The molecular formula is C22H33F3N4O2. The van der Waals surface area contributed by atoms with Gasteiger partial charge in [0.05, 0.1) is 24.8 Å². The molecule has 6 nitrogen and oxygen atoms in total. The summed E-state index contributed by atoms with van der Waals surface area (Å²) in [6.45, 7) is 5.56. The standard InChI is InChI=1S/C22H33F3N4O2/c1-26-21(27-9-2-12-31-16-17-3-4-17)28-15-20(29-10-13-30-14-11-29)18-5-7-19(8-6-18)22(23,24)25/h5-8,17,20H,2-4,9-16H2,1H3,(H2,26,27,28). The summed E-state index contributed by atoms with van der Waals surface area (Å²) in [5.41, 5.74) is 0.206. The summed E-state index contributed by atoms with van der Waals surface area (Å²) in [6, 6.07) is 5.36. The monoisotopic (exact) mass is 442 g/mol. The van der Waals surface area contributed by atoms with Crippen LogP contribution in [0.3, 0.4) is 0 Å². The van der Waals surface area contributed by atoms with Crippen LogP contribution < -0.4 is 10.6 Å². The molecule has 0 spiro atoms. The number of morpholine rings is 1. The lowest BCUT2D eigenvalue weighted by molar-refractivity contribution is -0.137. The topological polar surface area (TPSA) is 58.1 Å². The Labute approximate surface area is 182 Å². The van der Waals surface area contributed by atoms with E-state index in [1.807, 2.05) is 0 Å². The van der Waals surface area contributed by atoms with E-state index < -0.39 is 11.7 Å². The third-order valence-corrected chi connectivity index (χ3v) is 5.60. The van der Waals surface area contributed by atoms with E-state index >= 15 is 0 Å². The minimum Gasteiger partial charge on any atom is -0.381 e. The number of hydrogen-bond acceptors (Lipinski definition) is 4. The first-order chi connectivity index (χ1) is 15.0.